The first kappa shape index (κ1) is 18.8. The average molecular weight is 435 g/mol. The third kappa shape index (κ3) is 4.20. The summed E-state index contributed by atoms with van der Waals surface area (Å²) in [5, 5.41) is 8.23. The van der Waals surface area contributed by atoms with Crippen molar-refractivity contribution in [1.82, 2.24) is 19.3 Å². The Labute approximate surface area is 161 Å². The molecular formula is C18H19BrN4O2S. The molecule has 0 radical (unpaired) electrons. The van der Waals surface area contributed by atoms with Crippen LogP contribution in [0.15, 0.2) is 70.2 Å². The van der Waals surface area contributed by atoms with Gasteiger partial charge in [0.1, 0.15) is 0 Å². The molecule has 8 heteroatoms. The van der Waals surface area contributed by atoms with Crippen LogP contribution in [0.2, 0.25) is 0 Å². The van der Waals surface area contributed by atoms with Gasteiger partial charge in [-0.2, -0.15) is 4.31 Å². The number of sulfonamides is 1. The molecule has 2 aromatic carbocycles. The van der Waals surface area contributed by atoms with Crippen LogP contribution in [0.3, 0.4) is 0 Å². The summed E-state index contributed by atoms with van der Waals surface area (Å²) in [5.74, 6) is 0. The van der Waals surface area contributed by atoms with Crippen molar-refractivity contribution >= 4 is 26.0 Å². The summed E-state index contributed by atoms with van der Waals surface area (Å²) in [7, 11) is -3.62. The molecule has 0 aliphatic heterocycles. The van der Waals surface area contributed by atoms with E-state index in [0.717, 1.165) is 5.56 Å². The average Bonchev–Trinajstić information content (AvgIpc) is 3.07. The van der Waals surface area contributed by atoms with E-state index in [-0.39, 0.29) is 11.4 Å². The van der Waals surface area contributed by atoms with Crippen LogP contribution in [-0.4, -0.2) is 34.3 Å². The number of nitrogens with zero attached hydrogens (tertiary/aromatic N) is 4. The molecular weight excluding hydrogens is 416 g/mol. The highest BCUT2D eigenvalue weighted by molar-refractivity contribution is 9.10. The van der Waals surface area contributed by atoms with Crippen LogP contribution < -0.4 is 0 Å². The van der Waals surface area contributed by atoms with Crippen LogP contribution >= 0.6 is 15.9 Å². The van der Waals surface area contributed by atoms with Gasteiger partial charge in [0.2, 0.25) is 10.0 Å². The molecule has 0 amide bonds. The zero-order chi connectivity index (χ0) is 18.6. The van der Waals surface area contributed by atoms with Crippen molar-refractivity contribution in [2.75, 3.05) is 6.54 Å². The smallest absolute Gasteiger partial charge is 0.244 e. The maximum Gasteiger partial charge on any atom is 0.244 e. The lowest BCUT2D eigenvalue weighted by molar-refractivity contribution is 0.418. The Morgan fingerprint density at radius 2 is 1.77 bits per heavy atom. The third-order valence-corrected chi connectivity index (χ3v) is 6.85. The molecule has 26 heavy (non-hydrogen) atoms. The summed E-state index contributed by atoms with van der Waals surface area (Å²) in [6.07, 6.45) is 1.78. The van der Waals surface area contributed by atoms with Crippen LogP contribution in [-0.2, 0) is 23.1 Å². The number of benzene rings is 2. The molecule has 0 aliphatic carbocycles. The van der Waals surface area contributed by atoms with Crippen LogP contribution in [0.25, 0.3) is 0 Å². The number of aromatic nitrogens is 3. The summed E-state index contributed by atoms with van der Waals surface area (Å²) in [6, 6.07) is 16.7. The van der Waals surface area contributed by atoms with Gasteiger partial charge in [-0.3, -0.25) is 0 Å². The van der Waals surface area contributed by atoms with Crippen molar-refractivity contribution < 1.29 is 8.42 Å². The fraction of sp³-hybridized carbons (Fsp3) is 0.222. The van der Waals surface area contributed by atoms with Gasteiger partial charge >= 0.3 is 0 Å². The van der Waals surface area contributed by atoms with Crippen molar-refractivity contribution in [2.24, 2.45) is 0 Å². The molecule has 0 bridgehead atoms. The highest BCUT2D eigenvalue weighted by Gasteiger charge is 2.26. The molecule has 0 saturated carbocycles. The van der Waals surface area contributed by atoms with E-state index in [1.54, 1.807) is 35.1 Å². The van der Waals surface area contributed by atoms with Gasteiger partial charge in [0.25, 0.3) is 0 Å². The summed E-state index contributed by atoms with van der Waals surface area (Å²) in [4.78, 5) is 0.249. The second kappa shape index (κ2) is 8.11. The zero-order valence-corrected chi connectivity index (χ0v) is 16.7. The van der Waals surface area contributed by atoms with E-state index >= 15 is 0 Å². The third-order valence-electron chi connectivity index (χ3n) is 3.92. The normalized spacial score (nSPS) is 11.8. The van der Waals surface area contributed by atoms with Crippen LogP contribution in [0, 0.1) is 0 Å². The van der Waals surface area contributed by atoms with Crippen molar-refractivity contribution in [3.63, 3.8) is 0 Å². The SMILES string of the molecule is CCN(Cc1cn(Cc2ccccc2)nn1)S(=O)(=O)c1ccccc1Br. The largest absolute Gasteiger partial charge is 0.248 e. The van der Waals surface area contributed by atoms with Crippen molar-refractivity contribution in [3.05, 3.63) is 76.5 Å². The lowest BCUT2D eigenvalue weighted by atomic mass is 10.2. The molecule has 136 valence electrons. The summed E-state index contributed by atoms with van der Waals surface area (Å²) in [5.41, 5.74) is 1.72. The quantitative estimate of drug-likeness (QED) is 0.571. The highest BCUT2D eigenvalue weighted by atomic mass is 79.9. The highest BCUT2D eigenvalue weighted by Crippen LogP contribution is 2.25. The van der Waals surface area contributed by atoms with E-state index in [2.05, 4.69) is 26.2 Å². The topological polar surface area (TPSA) is 68.1 Å². The molecule has 1 aromatic heterocycles. The van der Waals surface area contributed by atoms with Crippen LogP contribution in [0.4, 0.5) is 0 Å². The predicted octanol–water partition coefficient (Wildman–Crippen LogP) is 3.30. The molecule has 6 nitrogen and oxygen atoms in total. The minimum Gasteiger partial charge on any atom is -0.248 e. The van der Waals surface area contributed by atoms with Gasteiger partial charge in [0.05, 0.1) is 29.9 Å². The minimum absolute atomic E-state index is 0.176. The fourth-order valence-electron chi connectivity index (χ4n) is 2.60. The number of hydrogen-bond acceptors (Lipinski definition) is 4. The van der Waals surface area contributed by atoms with Crippen molar-refractivity contribution in [2.45, 2.75) is 24.9 Å². The molecule has 0 spiro atoms. The Hall–Kier alpha value is -2.03. The molecule has 0 N–H and O–H groups in total. The first-order chi connectivity index (χ1) is 12.5. The molecule has 0 atom stereocenters. The molecule has 0 saturated heterocycles. The maximum atomic E-state index is 12.9. The zero-order valence-electron chi connectivity index (χ0n) is 14.3. The minimum atomic E-state index is -3.62. The van der Waals surface area contributed by atoms with Crippen molar-refractivity contribution in [1.29, 1.82) is 0 Å². The Morgan fingerprint density at radius 1 is 1.08 bits per heavy atom. The monoisotopic (exact) mass is 434 g/mol. The first-order valence-corrected chi connectivity index (χ1v) is 10.4. The Kier molecular flexibility index (Phi) is 5.85. The summed E-state index contributed by atoms with van der Waals surface area (Å²) < 4.78 is 29.5. The van der Waals surface area contributed by atoms with Crippen molar-refractivity contribution in [3.8, 4) is 0 Å². The number of hydrogen-bond donors (Lipinski definition) is 0. The van der Waals surface area contributed by atoms with E-state index in [0.29, 0.717) is 23.3 Å². The Bertz CT molecular complexity index is 974. The number of halogens is 1. The van der Waals surface area contributed by atoms with Crippen LogP contribution in [0.5, 0.6) is 0 Å². The van der Waals surface area contributed by atoms with Crippen LogP contribution in [0.1, 0.15) is 18.2 Å². The standard InChI is InChI=1S/C18H19BrN4O2S/c1-2-23(26(24,25)18-11-7-6-10-17(18)19)14-16-13-22(21-20-16)12-15-8-4-3-5-9-15/h3-11,13H,2,12,14H2,1H3. The van der Waals surface area contributed by atoms with Gasteiger partial charge in [-0.1, -0.05) is 54.6 Å². The van der Waals surface area contributed by atoms with Gasteiger partial charge < -0.3 is 0 Å². The molecule has 0 unspecified atom stereocenters. The lowest BCUT2D eigenvalue weighted by Crippen LogP contribution is -2.30. The molecule has 3 rings (SSSR count). The van der Waals surface area contributed by atoms with E-state index in [4.69, 9.17) is 0 Å². The van der Waals surface area contributed by atoms with Gasteiger partial charge in [-0.25, -0.2) is 13.1 Å². The molecule has 0 aliphatic rings. The first-order valence-electron chi connectivity index (χ1n) is 8.18. The van der Waals surface area contributed by atoms with E-state index in [1.807, 2.05) is 37.3 Å². The van der Waals surface area contributed by atoms with Gasteiger partial charge in [-0.05, 0) is 33.6 Å². The maximum absolute atomic E-state index is 12.9. The lowest BCUT2D eigenvalue weighted by Gasteiger charge is -2.20. The Morgan fingerprint density at radius 3 is 2.46 bits per heavy atom. The van der Waals surface area contributed by atoms with Gasteiger partial charge in [0, 0.05) is 11.0 Å². The summed E-state index contributed by atoms with van der Waals surface area (Å²) >= 11 is 3.32. The predicted molar refractivity (Wildman–Crippen MR) is 103 cm³/mol. The van der Waals surface area contributed by atoms with E-state index in [9.17, 15) is 8.42 Å². The Balaban J connectivity index is 1.78. The summed E-state index contributed by atoms with van der Waals surface area (Å²) in [6.45, 7) is 2.92. The van der Waals surface area contributed by atoms with Gasteiger partial charge in [0.15, 0.2) is 0 Å². The van der Waals surface area contributed by atoms with E-state index in [1.165, 1.54) is 4.31 Å². The second-order valence-electron chi connectivity index (χ2n) is 5.75. The molecule has 0 fully saturated rings. The van der Waals surface area contributed by atoms with E-state index < -0.39 is 10.0 Å². The molecule has 1 heterocycles. The molecule has 3 aromatic rings. The second-order valence-corrected chi connectivity index (χ2v) is 8.52. The number of rotatable bonds is 7. The van der Waals surface area contributed by atoms with Gasteiger partial charge in [-0.15, -0.1) is 5.10 Å². The fourth-order valence-corrected chi connectivity index (χ4v) is 4.98.